The quantitative estimate of drug-likeness (QED) is 0.913. The number of hydrogen-bond acceptors (Lipinski definition) is 3. The fourth-order valence-corrected chi connectivity index (χ4v) is 2.34. The summed E-state index contributed by atoms with van der Waals surface area (Å²) < 4.78 is 5.06. The number of methoxy groups -OCH3 is 1. The SMILES string of the molecule is COc1ccc(NC(=O)CN(C(C)=O)c2ccccc2)cc1Cl. The molecule has 0 heterocycles. The largest absolute Gasteiger partial charge is 0.495 e. The number of nitrogens with one attached hydrogen (secondary N) is 1. The normalized spacial score (nSPS) is 10.0. The van der Waals surface area contributed by atoms with Crippen molar-refractivity contribution in [2.75, 3.05) is 23.9 Å². The first-order valence-electron chi connectivity index (χ1n) is 6.98. The summed E-state index contributed by atoms with van der Waals surface area (Å²) in [6, 6.07) is 14.0. The van der Waals surface area contributed by atoms with Gasteiger partial charge >= 0.3 is 0 Å². The molecule has 23 heavy (non-hydrogen) atoms. The standard InChI is InChI=1S/C17H17ClN2O3/c1-12(21)20(14-6-4-3-5-7-14)11-17(22)19-13-8-9-16(23-2)15(18)10-13/h3-10H,11H2,1-2H3,(H,19,22). The molecule has 0 fully saturated rings. The van der Waals surface area contributed by atoms with Gasteiger partial charge in [-0.05, 0) is 30.3 Å². The lowest BCUT2D eigenvalue weighted by Gasteiger charge is -2.20. The van der Waals surface area contributed by atoms with Gasteiger partial charge < -0.3 is 15.0 Å². The number of para-hydroxylation sites is 1. The first kappa shape index (κ1) is 16.8. The van der Waals surface area contributed by atoms with E-state index in [-0.39, 0.29) is 18.4 Å². The predicted molar refractivity (Wildman–Crippen MR) is 91.1 cm³/mol. The summed E-state index contributed by atoms with van der Waals surface area (Å²) in [5.41, 5.74) is 1.21. The molecular formula is C17H17ClN2O3. The van der Waals surface area contributed by atoms with Crippen LogP contribution in [-0.4, -0.2) is 25.5 Å². The second-order valence-electron chi connectivity index (χ2n) is 4.84. The van der Waals surface area contributed by atoms with Crippen LogP contribution in [0.5, 0.6) is 5.75 Å². The second-order valence-corrected chi connectivity index (χ2v) is 5.25. The van der Waals surface area contributed by atoms with E-state index in [1.807, 2.05) is 18.2 Å². The van der Waals surface area contributed by atoms with Crippen molar-refractivity contribution in [3.63, 3.8) is 0 Å². The van der Waals surface area contributed by atoms with Gasteiger partial charge in [0.25, 0.3) is 0 Å². The van der Waals surface area contributed by atoms with E-state index < -0.39 is 0 Å². The van der Waals surface area contributed by atoms with E-state index in [0.29, 0.717) is 22.1 Å². The lowest BCUT2D eigenvalue weighted by molar-refractivity contribution is -0.120. The third-order valence-corrected chi connectivity index (χ3v) is 3.48. The van der Waals surface area contributed by atoms with E-state index in [4.69, 9.17) is 16.3 Å². The van der Waals surface area contributed by atoms with Crippen LogP contribution in [0.3, 0.4) is 0 Å². The summed E-state index contributed by atoms with van der Waals surface area (Å²) >= 11 is 6.02. The van der Waals surface area contributed by atoms with Gasteiger partial charge in [0.05, 0.1) is 12.1 Å². The average molecular weight is 333 g/mol. The number of hydrogen-bond donors (Lipinski definition) is 1. The molecule has 0 unspecified atom stereocenters. The molecule has 0 bridgehead atoms. The van der Waals surface area contributed by atoms with Crippen LogP contribution in [0.1, 0.15) is 6.92 Å². The minimum absolute atomic E-state index is 0.0804. The highest BCUT2D eigenvalue weighted by Crippen LogP contribution is 2.27. The van der Waals surface area contributed by atoms with Crippen molar-refractivity contribution < 1.29 is 14.3 Å². The van der Waals surface area contributed by atoms with Crippen LogP contribution >= 0.6 is 11.6 Å². The Bertz CT molecular complexity index is 704. The Kier molecular flexibility index (Phi) is 5.60. The molecule has 0 aliphatic carbocycles. The molecule has 2 amide bonds. The third kappa shape index (κ3) is 4.47. The van der Waals surface area contributed by atoms with Crippen molar-refractivity contribution in [3.05, 3.63) is 53.6 Å². The number of nitrogens with zero attached hydrogens (tertiary/aromatic N) is 1. The van der Waals surface area contributed by atoms with E-state index >= 15 is 0 Å². The van der Waals surface area contributed by atoms with Gasteiger partial charge in [0, 0.05) is 18.3 Å². The van der Waals surface area contributed by atoms with Gasteiger partial charge in [-0.15, -0.1) is 0 Å². The summed E-state index contributed by atoms with van der Waals surface area (Å²) in [6.45, 7) is 1.34. The van der Waals surface area contributed by atoms with Crippen molar-refractivity contribution in [1.82, 2.24) is 0 Å². The number of halogens is 1. The van der Waals surface area contributed by atoms with Crippen LogP contribution in [0.25, 0.3) is 0 Å². The number of carbonyl (C=O) groups excluding carboxylic acids is 2. The Labute approximate surface area is 139 Å². The third-order valence-electron chi connectivity index (χ3n) is 3.19. The molecule has 0 aliphatic rings. The van der Waals surface area contributed by atoms with Crippen LogP contribution in [0, 0.1) is 0 Å². The Morgan fingerprint density at radius 3 is 2.43 bits per heavy atom. The van der Waals surface area contributed by atoms with Gasteiger partial charge in [-0.25, -0.2) is 0 Å². The molecule has 2 aromatic carbocycles. The summed E-state index contributed by atoms with van der Waals surface area (Å²) in [4.78, 5) is 25.4. The molecule has 5 nitrogen and oxygen atoms in total. The van der Waals surface area contributed by atoms with Crippen LogP contribution in [-0.2, 0) is 9.59 Å². The van der Waals surface area contributed by atoms with Crippen LogP contribution in [0.4, 0.5) is 11.4 Å². The summed E-state index contributed by atoms with van der Waals surface area (Å²) in [5.74, 6) is 0.00344. The number of rotatable bonds is 5. The molecule has 6 heteroatoms. The Hall–Kier alpha value is -2.53. The number of amides is 2. The van der Waals surface area contributed by atoms with E-state index in [2.05, 4.69) is 5.32 Å². The van der Waals surface area contributed by atoms with E-state index in [1.54, 1.807) is 30.3 Å². The second kappa shape index (κ2) is 7.65. The lowest BCUT2D eigenvalue weighted by Crippen LogP contribution is -2.36. The Balaban J connectivity index is 2.08. The smallest absolute Gasteiger partial charge is 0.244 e. The van der Waals surface area contributed by atoms with Crippen LogP contribution in [0.2, 0.25) is 5.02 Å². The number of ether oxygens (including phenoxy) is 1. The summed E-state index contributed by atoms with van der Waals surface area (Å²) in [6.07, 6.45) is 0. The monoisotopic (exact) mass is 332 g/mol. The maximum absolute atomic E-state index is 12.2. The highest BCUT2D eigenvalue weighted by Gasteiger charge is 2.16. The van der Waals surface area contributed by atoms with Gasteiger partial charge in [0.1, 0.15) is 12.3 Å². The average Bonchev–Trinajstić information content (AvgIpc) is 2.53. The van der Waals surface area contributed by atoms with Gasteiger partial charge in [-0.3, -0.25) is 9.59 Å². The zero-order valence-corrected chi connectivity index (χ0v) is 13.6. The molecule has 0 aliphatic heterocycles. The van der Waals surface area contributed by atoms with E-state index in [1.165, 1.54) is 18.9 Å². The van der Waals surface area contributed by atoms with Gasteiger partial charge in [0.2, 0.25) is 11.8 Å². The molecule has 0 aromatic heterocycles. The van der Waals surface area contributed by atoms with E-state index in [9.17, 15) is 9.59 Å². The lowest BCUT2D eigenvalue weighted by atomic mass is 10.2. The van der Waals surface area contributed by atoms with Crippen LogP contribution < -0.4 is 15.0 Å². The van der Waals surface area contributed by atoms with Crippen LogP contribution in [0.15, 0.2) is 48.5 Å². The van der Waals surface area contributed by atoms with Gasteiger partial charge in [-0.2, -0.15) is 0 Å². The van der Waals surface area contributed by atoms with Gasteiger partial charge in [0.15, 0.2) is 0 Å². The molecule has 120 valence electrons. The molecular weight excluding hydrogens is 316 g/mol. The zero-order chi connectivity index (χ0) is 16.8. The predicted octanol–water partition coefficient (Wildman–Crippen LogP) is 3.34. The molecule has 0 saturated heterocycles. The molecule has 1 N–H and O–H groups in total. The molecule has 0 atom stereocenters. The first-order valence-corrected chi connectivity index (χ1v) is 7.35. The molecule has 0 radical (unpaired) electrons. The van der Waals surface area contributed by atoms with Crippen molar-refractivity contribution >= 4 is 34.8 Å². The number of anilines is 2. The number of benzene rings is 2. The van der Waals surface area contributed by atoms with Crippen molar-refractivity contribution in [1.29, 1.82) is 0 Å². The molecule has 2 rings (SSSR count). The Morgan fingerprint density at radius 1 is 1.17 bits per heavy atom. The maximum atomic E-state index is 12.2. The minimum Gasteiger partial charge on any atom is -0.495 e. The molecule has 0 spiro atoms. The highest BCUT2D eigenvalue weighted by atomic mass is 35.5. The Morgan fingerprint density at radius 2 is 1.87 bits per heavy atom. The van der Waals surface area contributed by atoms with E-state index in [0.717, 1.165) is 0 Å². The van der Waals surface area contributed by atoms with Crippen molar-refractivity contribution in [2.45, 2.75) is 6.92 Å². The molecule has 0 saturated carbocycles. The molecule has 2 aromatic rings. The summed E-state index contributed by atoms with van der Waals surface area (Å²) in [5, 5.41) is 3.12. The number of carbonyl (C=O) groups is 2. The fourth-order valence-electron chi connectivity index (χ4n) is 2.08. The van der Waals surface area contributed by atoms with Gasteiger partial charge in [-0.1, -0.05) is 29.8 Å². The summed E-state index contributed by atoms with van der Waals surface area (Å²) in [7, 11) is 1.52. The topological polar surface area (TPSA) is 58.6 Å². The first-order chi connectivity index (χ1) is 11.0. The highest BCUT2D eigenvalue weighted by molar-refractivity contribution is 6.32. The minimum atomic E-state index is -0.315. The fraction of sp³-hybridized carbons (Fsp3) is 0.176. The zero-order valence-electron chi connectivity index (χ0n) is 12.9. The van der Waals surface area contributed by atoms with Crippen molar-refractivity contribution in [2.24, 2.45) is 0 Å². The van der Waals surface area contributed by atoms with Crippen molar-refractivity contribution in [3.8, 4) is 5.75 Å². The maximum Gasteiger partial charge on any atom is 0.244 e.